The van der Waals surface area contributed by atoms with Crippen molar-refractivity contribution in [1.82, 2.24) is 14.8 Å². The summed E-state index contributed by atoms with van der Waals surface area (Å²) in [6.07, 6.45) is 1.13. The number of methoxy groups -OCH3 is 1. The summed E-state index contributed by atoms with van der Waals surface area (Å²) in [5, 5.41) is 8.15. The van der Waals surface area contributed by atoms with Gasteiger partial charge in [0.25, 0.3) is 0 Å². The first kappa shape index (κ1) is 23.0. The molecule has 3 aromatic carbocycles. The van der Waals surface area contributed by atoms with Gasteiger partial charge in [-0.1, -0.05) is 36.4 Å². The average molecular weight is 497 g/mol. The molecule has 1 aromatic heterocycles. The summed E-state index contributed by atoms with van der Waals surface area (Å²) in [6.45, 7) is 5.04. The number of para-hydroxylation sites is 2. The first-order chi connectivity index (χ1) is 18.2. The number of nitrogens with zero attached hydrogens (tertiary/aromatic N) is 3. The smallest absolute Gasteiger partial charge is 0.226 e. The van der Waals surface area contributed by atoms with E-state index in [4.69, 9.17) is 18.9 Å². The number of aromatic nitrogens is 3. The zero-order chi connectivity index (χ0) is 25.4. The molecule has 0 spiro atoms. The van der Waals surface area contributed by atoms with E-state index in [1.54, 1.807) is 13.4 Å². The Labute approximate surface area is 215 Å². The molecule has 2 aliphatic heterocycles. The molecule has 0 aliphatic carbocycles. The maximum Gasteiger partial charge on any atom is 0.226 e. The molecular formula is C29H28N4O4. The zero-order valence-electron chi connectivity index (χ0n) is 21.0. The Kier molecular flexibility index (Phi) is 5.92. The van der Waals surface area contributed by atoms with Crippen molar-refractivity contribution in [3.05, 3.63) is 95.3 Å². The van der Waals surface area contributed by atoms with Gasteiger partial charge in [0.2, 0.25) is 5.95 Å². The molecule has 3 heterocycles. The predicted molar refractivity (Wildman–Crippen MR) is 140 cm³/mol. The van der Waals surface area contributed by atoms with Crippen molar-refractivity contribution in [2.45, 2.75) is 26.0 Å². The third-order valence-electron chi connectivity index (χ3n) is 6.63. The van der Waals surface area contributed by atoms with E-state index in [0.29, 0.717) is 30.7 Å². The second kappa shape index (κ2) is 9.54. The molecule has 2 aliphatic rings. The van der Waals surface area contributed by atoms with Gasteiger partial charge in [-0.15, -0.1) is 0 Å². The first-order valence-corrected chi connectivity index (χ1v) is 12.4. The van der Waals surface area contributed by atoms with Crippen molar-refractivity contribution in [2.75, 3.05) is 25.6 Å². The molecule has 37 heavy (non-hydrogen) atoms. The molecule has 6 rings (SSSR count). The van der Waals surface area contributed by atoms with E-state index in [-0.39, 0.29) is 6.04 Å². The van der Waals surface area contributed by atoms with Crippen molar-refractivity contribution < 1.29 is 18.9 Å². The summed E-state index contributed by atoms with van der Waals surface area (Å²) in [6, 6.07) is 21.7. The third-order valence-corrected chi connectivity index (χ3v) is 6.63. The Morgan fingerprint density at radius 3 is 2.54 bits per heavy atom. The highest BCUT2D eigenvalue weighted by Crippen LogP contribution is 2.52. The van der Waals surface area contributed by atoms with Crippen LogP contribution >= 0.6 is 0 Å². The standard InChI is InChI=1S/C29H28N4O4/c1-4-35-21-12-8-7-11-20(21)28-25-26(19-10-6-9-13-22(19)37-28)32-29-30-17-31-33(29)27(25)18-14-15-23(36-5-2)24(16-18)34-3/h6-17,27-28H,4-5H2,1-3H3,(H,30,31,32)/t27-,28+/m1/s1. The van der Waals surface area contributed by atoms with Gasteiger partial charge in [0, 0.05) is 16.7 Å². The second-order valence-corrected chi connectivity index (χ2v) is 8.69. The highest BCUT2D eigenvalue weighted by Gasteiger charge is 2.42. The lowest BCUT2D eigenvalue weighted by molar-refractivity contribution is 0.215. The van der Waals surface area contributed by atoms with Gasteiger partial charge in [-0.3, -0.25) is 0 Å². The number of hydrogen-bond donors (Lipinski definition) is 1. The fourth-order valence-corrected chi connectivity index (χ4v) is 5.11. The SMILES string of the molecule is CCOc1ccc([C@@H]2C3=C(Nc4ncnn42)c2ccccc2O[C@H]3c2ccccc2OCC)cc1OC. The lowest BCUT2D eigenvalue weighted by atomic mass is 9.84. The van der Waals surface area contributed by atoms with Gasteiger partial charge in [0.05, 0.1) is 26.0 Å². The molecule has 4 aromatic rings. The van der Waals surface area contributed by atoms with E-state index in [2.05, 4.69) is 27.5 Å². The van der Waals surface area contributed by atoms with E-state index < -0.39 is 6.10 Å². The van der Waals surface area contributed by atoms with Crippen LogP contribution in [0.4, 0.5) is 5.95 Å². The Morgan fingerprint density at radius 1 is 0.919 bits per heavy atom. The van der Waals surface area contributed by atoms with Crippen LogP contribution in [0.1, 0.15) is 42.7 Å². The van der Waals surface area contributed by atoms with Gasteiger partial charge >= 0.3 is 0 Å². The average Bonchev–Trinajstić information content (AvgIpc) is 3.41. The molecule has 1 N–H and O–H groups in total. The highest BCUT2D eigenvalue weighted by molar-refractivity contribution is 5.85. The van der Waals surface area contributed by atoms with Gasteiger partial charge in [0.1, 0.15) is 23.9 Å². The number of hydrogen-bond acceptors (Lipinski definition) is 7. The van der Waals surface area contributed by atoms with Gasteiger partial charge in [0.15, 0.2) is 17.6 Å². The summed E-state index contributed by atoms with van der Waals surface area (Å²) in [4.78, 5) is 4.52. The largest absolute Gasteiger partial charge is 0.493 e. The number of ether oxygens (including phenoxy) is 4. The molecule has 0 bridgehead atoms. The van der Waals surface area contributed by atoms with Crippen LogP contribution < -0.4 is 24.3 Å². The van der Waals surface area contributed by atoms with Crippen LogP contribution in [0.3, 0.4) is 0 Å². The minimum absolute atomic E-state index is 0.314. The maximum atomic E-state index is 6.74. The Hall–Kier alpha value is -4.46. The number of anilines is 1. The number of nitrogens with one attached hydrogen (secondary N) is 1. The topological polar surface area (TPSA) is 79.7 Å². The van der Waals surface area contributed by atoms with Crippen LogP contribution in [-0.4, -0.2) is 35.1 Å². The Balaban J connectivity index is 1.60. The van der Waals surface area contributed by atoms with Gasteiger partial charge in [-0.05, 0) is 49.7 Å². The lowest BCUT2D eigenvalue weighted by Gasteiger charge is -2.39. The maximum absolute atomic E-state index is 6.74. The van der Waals surface area contributed by atoms with Crippen molar-refractivity contribution >= 4 is 11.6 Å². The van der Waals surface area contributed by atoms with Crippen molar-refractivity contribution in [1.29, 1.82) is 0 Å². The second-order valence-electron chi connectivity index (χ2n) is 8.69. The highest BCUT2D eigenvalue weighted by atomic mass is 16.5. The summed E-state index contributed by atoms with van der Waals surface area (Å²) < 4.78 is 26.2. The van der Waals surface area contributed by atoms with E-state index in [1.807, 2.05) is 73.1 Å². The van der Waals surface area contributed by atoms with Crippen molar-refractivity contribution in [2.24, 2.45) is 0 Å². The third kappa shape index (κ3) is 3.85. The van der Waals surface area contributed by atoms with E-state index in [0.717, 1.165) is 39.5 Å². The molecule has 8 heteroatoms. The number of benzene rings is 3. The molecule has 0 amide bonds. The number of rotatable bonds is 7. The fourth-order valence-electron chi connectivity index (χ4n) is 5.11. The lowest BCUT2D eigenvalue weighted by Crippen LogP contribution is -2.32. The normalized spacial score (nSPS) is 17.6. The number of fused-ring (bicyclic) bond motifs is 3. The van der Waals surface area contributed by atoms with Gasteiger partial charge in [-0.2, -0.15) is 10.1 Å². The van der Waals surface area contributed by atoms with Crippen LogP contribution in [0, 0.1) is 0 Å². The van der Waals surface area contributed by atoms with Crippen LogP contribution in [0.2, 0.25) is 0 Å². The van der Waals surface area contributed by atoms with Gasteiger partial charge in [-0.25, -0.2) is 4.68 Å². The van der Waals surface area contributed by atoms with Crippen LogP contribution in [0.5, 0.6) is 23.0 Å². The van der Waals surface area contributed by atoms with Crippen LogP contribution in [0.25, 0.3) is 5.70 Å². The molecule has 8 nitrogen and oxygen atoms in total. The first-order valence-electron chi connectivity index (χ1n) is 12.4. The molecular weight excluding hydrogens is 468 g/mol. The fraction of sp³-hybridized carbons (Fsp3) is 0.241. The molecule has 2 atom stereocenters. The Bertz CT molecular complexity index is 1480. The van der Waals surface area contributed by atoms with Gasteiger partial charge < -0.3 is 24.3 Å². The Morgan fingerprint density at radius 2 is 1.70 bits per heavy atom. The summed E-state index contributed by atoms with van der Waals surface area (Å²) in [7, 11) is 1.65. The van der Waals surface area contributed by atoms with Crippen LogP contribution in [0.15, 0.2) is 78.6 Å². The monoisotopic (exact) mass is 496 g/mol. The molecule has 0 unspecified atom stereocenters. The molecule has 0 radical (unpaired) electrons. The van der Waals surface area contributed by atoms with Crippen molar-refractivity contribution in [3.63, 3.8) is 0 Å². The molecule has 0 saturated carbocycles. The predicted octanol–water partition coefficient (Wildman–Crippen LogP) is 5.64. The zero-order valence-corrected chi connectivity index (χ0v) is 21.0. The summed E-state index contributed by atoms with van der Waals surface area (Å²) >= 11 is 0. The molecule has 188 valence electrons. The minimum atomic E-state index is -0.430. The summed E-state index contributed by atoms with van der Waals surface area (Å²) in [5.74, 6) is 3.59. The van der Waals surface area contributed by atoms with E-state index in [9.17, 15) is 0 Å². The molecule has 0 saturated heterocycles. The minimum Gasteiger partial charge on any atom is -0.493 e. The quantitative estimate of drug-likeness (QED) is 0.354. The van der Waals surface area contributed by atoms with Crippen molar-refractivity contribution in [3.8, 4) is 23.0 Å². The molecule has 0 fully saturated rings. The van der Waals surface area contributed by atoms with E-state index >= 15 is 0 Å². The van der Waals surface area contributed by atoms with Crippen LogP contribution in [-0.2, 0) is 0 Å². The summed E-state index contributed by atoms with van der Waals surface area (Å²) in [5.41, 5.74) is 4.86. The van der Waals surface area contributed by atoms with E-state index in [1.165, 1.54) is 0 Å².